The van der Waals surface area contributed by atoms with E-state index in [0.717, 1.165) is 19.4 Å². The molecule has 2 amide bonds. The normalized spacial score (nSPS) is 18.7. The summed E-state index contributed by atoms with van der Waals surface area (Å²) < 4.78 is 0. The van der Waals surface area contributed by atoms with Crippen LogP contribution >= 0.6 is 0 Å². The van der Waals surface area contributed by atoms with Gasteiger partial charge in [0.2, 0.25) is 11.8 Å². The molecule has 0 aromatic heterocycles. The second-order valence-corrected chi connectivity index (χ2v) is 5.60. The van der Waals surface area contributed by atoms with E-state index in [2.05, 4.69) is 29.4 Å². The minimum atomic E-state index is -0.446. The zero-order valence-electron chi connectivity index (χ0n) is 12.9. The van der Waals surface area contributed by atoms with Crippen molar-refractivity contribution in [1.82, 2.24) is 15.5 Å². The Labute approximate surface area is 127 Å². The first kappa shape index (κ1) is 17.7. The molecule has 1 unspecified atom stereocenters. The van der Waals surface area contributed by atoms with Crippen LogP contribution in [0.15, 0.2) is 0 Å². The zero-order chi connectivity index (χ0) is 15.8. The summed E-state index contributed by atoms with van der Waals surface area (Å²) in [6, 6.07) is 0.267. The highest BCUT2D eigenvalue weighted by Gasteiger charge is 2.31. The first-order chi connectivity index (χ1) is 9.91. The van der Waals surface area contributed by atoms with Gasteiger partial charge in [-0.3, -0.25) is 14.5 Å². The molecule has 21 heavy (non-hydrogen) atoms. The van der Waals surface area contributed by atoms with E-state index in [1.54, 1.807) is 0 Å². The van der Waals surface area contributed by atoms with Crippen molar-refractivity contribution < 1.29 is 14.4 Å². The van der Waals surface area contributed by atoms with E-state index < -0.39 is 5.68 Å². The Kier molecular flexibility index (Phi) is 7.43. The topological polar surface area (TPSA) is 78.5 Å². The van der Waals surface area contributed by atoms with Crippen LogP contribution < -0.4 is 10.6 Å². The van der Waals surface area contributed by atoms with Gasteiger partial charge in [0, 0.05) is 32.0 Å². The molecule has 2 N–H and O–H groups in total. The molecule has 116 valence electrons. The average Bonchev–Trinajstić information content (AvgIpc) is 2.87. The van der Waals surface area contributed by atoms with E-state index in [1.807, 2.05) is 0 Å². The van der Waals surface area contributed by atoms with Crippen molar-refractivity contribution in [3.05, 3.63) is 0 Å². The van der Waals surface area contributed by atoms with E-state index in [1.165, 1.54) is 0 Å². The van der Waals surface area contributed by atoms with E-state index in [9.17, 15) is 14.4 Å². The highest BCUT2D eigenvalue weighted by molar-refractivity contribution is 6.57. The SMILES string of the molecule is [B]C(=O)CCNC(=O)CCNC(=O)C1CCCN1C(C)C. The van der Waals surface area contributed by atoms with Gasteiger partial charge in [0.05, 0.1) is 11.7 Å². The summed E-state index contributed by atoms with van der Waals surface area (Å²) in [6.07, 6.45) is 2.24. The largest absolute Gasteiger partial charge is 0.356 e. The number of carbonyl (C=O) groups is 3. The van der Waals surface area contributed by atoms with Gasteiger partial charge in [0.1, 0.15) is 0 Å². The van der Waals surface area contributed by atoms with Crippen LogP contribution in [0.5, 0.6) is 0 Å². The molecule has 0 saturated carbocycles. The van der Waals surface area contributed by atoms with Crippen LogP contribution in [0, 0.1) is 0 Å². The Hall–Kier alpha value is -1.37. The van der Waals surface area contributed by atoms with Crippen LogP contribution in [-0.4, -0.2) is 62.0 Å². The van der Waals surface area contributed by atoms with Gasteiger partial charge in [-0.25, -0.2) is 0 Å². The van der Waals surface area contributed by atoms with E-state index in [-0.39, 0.29) is 37.2 Å². The number of hydrogen-bond donors (Lipinski definition) is 2. The van der Waals surface area contributed by atoms with Crippen molar-refractivity contribution in [3.63, 3.8) is 0 Å². The molecule has 1 aliphatic heterocycles. The molecule has 0 aromatic rings. The molecule has 1 rings (SSSR count). The predicted molar refractivity (Wildman–Crippen MR) is 80.9 cm³/mol. The molecule has 1 heterocycles. The number of amides is 2. The standard InChI is InChI=1S/C14H24BN3O3/c1-10(2)18-9-3-4-11(18)14(21)17-8-6-13(20)16-7-5-12(15)19/h10-11H,3-9H2,1-2H3,(H,16,20)(H,17,21). The summed E-state index contributed by atoms with van der Waals surface area (Å²) in [5.41, 5.74) is -0.446. The Morgan fingerprint density at radius 2 is 1.86 bits per heavy atom. The lowest BCUT2D eigenvalue weighted by Gasteiger charge is -2.27. The maximum atomic E-state index is 12.1. The van der Waals surface area contributed by atoms with Crippen molar-refractivity contribution in [2.75, 3.05) is 19.6 Å². The number of rotatable bonds is 8. The molecule has 7 heteroatoms. The maximum absolute atomic E-state index is 12.1. The Balaban J connectivity index is 2.21. The quantitative estimate of drug-likeness (QED) is 0.595. The molecule has 1 saturated heterocycles. The highest BCUT2D eigenvalue weighted by Crippen LogP contribution is 2.19. The van der Waals surface area contributed by atoms with E-state index >= 15 is 0 Å². The molecule has 1 atom stereocenters. The monoisotopic (exact) mass is 293 g/mol. The van der Waals surface area contributed by atoms with Gasteiger partial charge in [-0.05, 0) is 33.2 Å². The molecular formula is C14H24BN3O3. The molecule has 1 aliphatic rings. The smallest absolute Gasteiger partial charge is 0.237 e. The number of hydrogen-bond acceptors (Lipinski definition) is 4. The van der Waals surface area contributed by atoms with Crippen molar-refractivity contribution in [2.45, 2.75) is 51.6 Å². The third kappa shape index (κ3) is 6.29. The zero-order valence-corrected chi connectivity index (χ0v) is 12.9. The second-order valence-electron chi connectivity index (χ2n) is 5.60. The Morgan fingerprint density at radius 1 is 1.19 bits per heavy atom. The fourth-order valence-electron chi connectivity index (χ4n) is 2.52. The van der Waals surface area contributed by atoms with Crippen molar-refractivity contribution >= 4 is 25.3 Å². The third-order valence-electron chi connectivity index (χ3n) is 3.61. The van der Waals surface area contributed by atoms with Crippen LogP contribution in [0.3, 0.4) is 0 Å². The van der Waals surface area contributed by atoms with Gasteiger partial charge >= 0.3 is 0 Å². The van der Waals surface area contributed by atoms with Crippen molar-refractivity contribution in [1.29, 1.82) is 0 Å². The van der Waals surface area contributed by atoms with Gasteiger partial charge in [0.25, 0.3) is 0 Å². The number of nitrogens with one attached hydrogen (secondary N) is 2. The molecule has 0 aromatic carbocycles. The third-order valence-corrected chi connectivity index (χ3v) is 3.61. The van der Waals surface area contributed by atoms with E-state index in [4.69, 9.17) is 7.85 Å². The summed E-state index contributed by atoms with van der Waals surface area (Å²) in [6.45, 7) is 5.66. The molecule has 2 radical (unpaired) electrons. The van der Waals surface area contributed by atoms with Gasteiger partial charge in [0.15, 0.2) is 7.85 Å². The minimum Gasteiger partial charge on any atom is -0.356 e. The number of likely N-dealkylation sites (tertiary alicyclic amines) is 1. The lowest BCUT2D eigenvalue weighted by molar-refractivity contribution is -0.126. The summed E-state index contributed by atoms with van der Waals surface area (Å²) in [4.78, 5) is 36.3. The Bertz CT molecular complexity index is 388. The minimum absolute atomic E-state index is 0.00821. The fourth-order valence-corrected chi connectivity index (χ4v) is 2.52. The first-order valence-electron chi connectivity index (χ1n) is 7.50. The van der Waals surface area contributed by atoms with Gasteiger partial charge in [-0.15, -0.1) is 0 Å². The summed E-state index contributed by atoms with van der Waals surface area (Å²) in [5.74, 6) is -0.199. The summed E-state index contributed by atoms with van der Waals surface area (Å²) in [7, 11) is 4.97. The van der Waals surface area contributed by atoms with Crippen molar-refractivity contribution in [2.24, 2.45) is 0 Å². The van der Waals surface area contributed by atoms with Crippen LogP contribution in [0.25, 0.3) is 0 Å². The maximum Gasteiger partial charge on any atom is 0.237 e. The second kappa shape index (κ2) is 8.82. The van der Waals surface area contributed by atoms with Crippen LogP contribution in [0.2, 0.25) is 0 Å². The van der Waals surface area contributed by atoms with Gasteiger partial charge < -0.3 is 15.4 Å². The summed E-state index contributed by atoms with van der Waals surface area (Å²) in [5, 5.41) is 5.39. The highest BCUT2D eigenvalue weighted by atomic mass is 16.2. The van der Waals surface area contributed by atoms with Crippen LogP contribution in [0.4, 0.5) is 0 Å². The molecule has 0 spiro atoms. The predicted octanol–water partition coefficient (Wildman–Crippen LogP) is -0.433. The number of carbonyl (C=O) groups excluding carboxylic acids is 3. The fraction of sp³-hybridized carbons (Fsp3) is 0.786. The average molecular weight is 293 g/mol. The molecule has 6 nitrogen and oxygen atoms in total. The van der Waals surface area contributed by atoms with Gasteiger partial charge in [-0.2, -0.15) is 0 Å². The van der Waals surface area contributed by atoms with Crippen LogP contribution in [0.1, 0.15) is 39.5 Å². The Morgan fingerprint density at radius 3 is 2.48 bits per heavy atom. The lowest BCUT2D eigenvalue weighted by atomic mass is 10.00. The van der Waals surface area contributed by atoms with E-state index in [0.29, 0.717) is 12.6 Å². The molecule has 1 fully saturated rings. The lowest BCUT2D eigenvalue weighted by Crippen LogP contribution is -2.46. The molecule has 0 bridgehead atoms. The number of nitrogens with zero attached hydrogens (tertiary/aromatic N) is 1. The van der Waals surface area contributed by atoms with Gasteiger partial charge in [-0.1, -0.05) is 0 Å². The van der Waals surface area contributed by atoms with Crippen molar-refractivity contribution in [3.8, 4) is 0 Å². The first-order valence-corrected chi connectivity index (χ1v) is 7.50. The molecular weight excluding hydrogens is 269 g/mol. The summed E-state index contributed by atoms with van der Waals surface area (Å²) >= 11 is 0. The molecule has 0 aliphatic carbocycles. The van der Waals surface area contributed by atoms with Crippen LogP contribution in [-0.2, 0) is 14.4 Å².